The number of fused-ring (bicyclic) bond motifs is 1. The zero-order valence-electron chi connectivity index (χ0n) is 8.25. The minimum absolute atomic E-state index is 0.0938. The van der Waals surface area contributed by atoms with Gasteiger partial charge in [0.15, 0.2) is 0 Å². The minimum atomic E-state index is -0.880. The lowest BCUT2D eigenvalue weighted by Gasteiger charge is -2.01. The van der Waals surface area contributed by atoms with Crippen molar-refractivity contribution in [2.24, 2.45) is 5.73 Å². The molecule has 1 aromatic carbocycles. The summed E-state index contributed by atoms with van der Waals surface area (Å²) in [6.07, 6.45) is 0. The molecule has 0 saturated heterocycles. The van der Waals surface area contributed by atoms with Gasteiger partial charge >= 0.3 is 6.03 Å². The molecular weight excluding hydrogens is 210 g/mol. The van der Waals surface area contributed by atoms with Crippen LogP contribution in [0.25, 0.3) is 11.0 Å². The molecule has 0 spiro atoms. The normalized spacial score (nSPS) is 10.2. The maximum atomic E-state index is 11.3. The fourth-order valence-electron chi connectivity index (χ4n) is 1.35. The van der Waals surface area contributed by atoms with Crippen molar-refractivity contribution in [3.8, 4) is 0 Å². The lowest BCUT2D eigenvalue weighted by Crippen LogP contribution is -2.37. The van der Waals surface area contributed by atoms with E-state index in [2.05, 4.69) is 10.3 Å². The second-order valence-electron chi connectivity index (χ2n) is 3.15. The standard InChI is InChI=1S/C9H9N5O2/c10-9(16)11-8(15)5-14-7-4-2-1-3-6(7)12-13-14/h1-4H,5H2,(H3,10,11,15,16). The van der Waals surface area contributed by atoms with Gasteiger partial charge in [0, 0.05) is 0 Å². The van der Waals surface area contributed by atoms with Crippen LogP contribution >= 0.6 is 0 Å². The fourth-order valence-corrected chi connectivity index (χ4v) is 1.35. The molecule has 0 radical (unpaired) electrons. The Morgan fingerprint density at radius 3 is 2.88 bits per heavy atom. The first-order valence-corrected chi connectivity index (χ1v) is 4.54. The van der Waals surface area contributed by atoms with Crippen molar-refractivity contribution >= 4 is 23.0 Å². The molecule has 0 fully saturated rings. The molecule has 3 N–H and O–H groups in total. The van der Waals surface area contributed by atoms with E-state index in [1.807, 2.05) is 17.4 Å². The van der Waals surface area contributed by atoms with Gasteiger partial charge in [-0.3, -0.25) is 10.1 Å². The number of aromatic nitrogens is 3. The summed E-state index contributed by atoms with van der Waals surface area (Å²) in [7, 11) is 0. The van der Waals surface area contributed by atoms with Crippen LogP contribution in [0, 0.1) is 0 Å². The van der Waals surface area contributed by atoms with Gasteiger partial charge in [0.25, 0.3) is 0 Å². The summed E-state index contributed by atoms with van der Waals surface area (Å²) in [5.41, 5.74) is 6.23. The quantitative estimate of drug-likeness (QED) is 0.718. The molecule has 7 nitrogen and oxygen atoms in total. The highest BCUT2D eigenvalue weighted by Crippen LogP contribution is 2.08. The van der Waals surface area contributed by atoms with E-state index in [9.17, 15) is 9.59 Å². The van der Waals surface area contributed by atoms with Gasteiger partial charge in [-0.25, -0.2) is 9.48 Å². The van der Waals surface area contributed by atoms with Crippen molar-refractivity contribution in [3.63, 3.8) is 0 Å². The SMILES string of the molecule is NC(=O)NC(=O)Cn1nnc2ccccc21. The number of para-hydroxylation sites is 1. The molecular formula is C9H9N5O2. The monoisotopic (exact) mass is 219 g/mol. The molecule has 0 atom stereocenters. The van der Waals surface area contributed by atoms with Crippen LogP contribution in [0.2, 0.25) is 0 Å². The summed E-state index contributed by atoms with van der Waals surface area (Å²) < 4.78 is 1.40. The van der Waals surface area contributed by atoms with Gasteiger partial charge in [-0.1, -0.05) is 17.3 Å². The first-order chi connectivity index (χ1) is 7.66. The van der Waals surface area contributed by atoms with Crippen LogP contribution in [0.5, 0.6) is 0 Å². The van der Waals surface area contributed by atoms with E-state index >= 15 is 0 Å². The third-order valence-corrected chi connectivity index (χ3v) is 1.98. The molecule has 1 heterocycles. The second kappa shape index (κ2) is 3.97. The Morgan fingerprint density at radius 2 is 2.12 bits per heavy atom. The van der Waals surface area contributed by atoms with Gasteiger partial charge in [0.2, 0.25) is 5.91 Å². The Hall–Kier alpha value is -2.44. The lowest BCUT2D eigenvalue weighted by atomic mass is 10.3. The van der Waals surface area contributed by atoms with E-state index in [-0.39, 0.29) is 6.54 Å². The Labute approximate surface area is 90.2 Å². The summed E-state index contributed by atoms with van der Waals surface area (Å²) in [6.45, 7) is -0.0938. The topological polar surface area (TPSA) is 103 Å². The van der Waals surface area contributed by atoms with Crippen molar-refractivity contribution in [2.75, 3.05) is 0 Å². The first-order valence-electron chi connectivity index (χ1n) is 4.54. The molecule has 1 aromatic heterocycles. The number of nitrogens with zero attached hydrogens (tertiary/aromatic N) is 3. The smallest absolute Gasteiger partial charge is 0.318 e. The number of rotatable bonds is 2. The molecule has 16 heavy (non-hydrogen) atoms. The van der Waals surface area contributed by atoms with E-state index in [0.717, 1.165) is 5.52 Å². The summed E-state index contributed by atoms with van der Waals surface area (Å²) in [5.74, 6) is -0.525. The van der Waals surface area contributed by atoms with Crippen LogP contribution in [0.15, 0.2) is 24.3 Å². The number of benzene rings is 1. The number of carbonyl (C=O) groups is 2. The molecule has 0 bridgehead atoms. The zero-order chi connectivity index (χ0) is 11.5. The molecule has 0 saturated carbocycles. The molecule has 3 amide bonds. The van der Waals surface area contributed by atoms with Gasteiger partial charge in [-0.05, 0) is 12.1 Å². The minimum Gasteiger partial charge on any atom is -0.351 e. The predicted octanol–water partition coefficient (Wildman–Crippen LogP) is -0.374. The van der Waals surface area contributed by atoms with Gasteiger partial charge in [0.1, 0.15) is 12.1 Å². The van der Waals surface area contributed by atoms with Crippen LogP contribution in [0.3, 0.4) is 0 Å². The Balaban J connectivity index is 2.21. The largest absolute Gasteiger partial charge is 0.351 e. The number of nitrogens with two attached hydrogens (primary N) is 1. The van der Waals surface area contributed by atoms with Gasteiger partial charge in [0.05, 0.1) is 5.52 Å². The molecule has 0 aliphatic heterocycles. The average Bonchev–Trinajstić information content (AvgIpc) is 2.61. The predicted molar refractivity (Wildman–Crippen MR) is 55.3 cm³/mol. The summed E-state index contributed by atoms with van der Waals surface area (Å²) in [4.78, 5) is 21.7. The molecule has 2 aromatic rings. The number of amides is 3. The number of imide groups is 1. The number of urea groups is 1. The van der Waals surface area contributed by atoms with Crippen molar-refractivity contribution in [2.45, 2.75) is 6.54 Å². The Bertz CT molecular complexity index is 548. The maximum absolute atomic E-state index is 11.3. The summed E-state index contributed by atoms with van der Waals surface area (Å²) >= 11 is 0. The third-order valence-electron chi connectivity index (χ3n) is 1.98. The number of hydrogen-bond acceptors (Lipinski definition) is 4. The van der Waals surface area contributed by atoms with E-state index in [4.69, 9.17) is 5.73 Å². The van der Waals surface area contributed by atoms with E-state index in [1.54, 1.807) is 12.1 Å². The lowest BCUT2D eigenvalue weighted by molar-refractivity contribution is -0.120. The average molecular weight is 219 g/mol. The highest BCUT2D eigenvalue weighted by atomic mass is 16.2. The van der Waals surface area contributed by atoms with Crippen LogP contribution in [-0.2, 0) is 11.3 Å². The van der Waals surface area contributed by atoms with Gasteiger partial charge in [-0.2, -0.15) is 0 Å². The molecule has 2 rings (SSSR count). The molecule has 0 aliphatic rings. The highest BCUT2D eigenvalue weighted by Gasteiger charge is 2.09. The fraction of sp³-hybridized carbons (Fsp3) is 0.111. The van der Waals surface area contributed by atoms with Crippen LogP contribution in [-0.4, -0.2) is 26.9 Å². The number of hydrogen-bond donors (Lipinski definition) is 2. The van der Waals surface area contributed by atoms with E-state index in [1.165, 1.54) is 4.68 Å². The molecule has 82 valence electrons. The number of primary amides is 1. The molecule has 0 unspecified atom stereocenters. The van der Waals surface area contributed by atoms with E-state index in [0.29, 0.717) is 5.52 Å². The van der Waals surface area contributed by atoms with Crippen LogP contribution in [0.4, 0.5) is 4.79 Å². The van der Waals surface area contributed by atoms with Gasteiger partial charge in [-0.15, -0.1) is 5.10 Å². The Morgan fingerprint density at radius 1 is 1.38 bits per heavy atom. The maximum Gasteiger partial charge on any atom is 0.318 e. The van der Waals surface area contributed by atoms with E-state index < -0.39 is 11.9 Å². The summed E-state index contributed by atoms with van der Waals surface area (Å²) in [6, 6.07) is 6.32. The number of carbonyl (C=O) groups excluding carboxylic acids is 2. The second-order valence-corrected chi connectivity index (χ2v) is 3.15. The molecule has 7 heteroatoms. The van der Waals surface area contributed by atoms with Crippen molar-refractivity contribution in [3.05, 3.63) is 24.3 Å². The van der Waals surface area contributed by atoms with Crippen molar-refractivity contribution in [1.29, 1.82) is 0 Å². The van der Waals surface area contributed by atoms with Crippen LogP contribution in [0.1, 0.15) is 0 Å². The number of nitrogens with one attached hydrogen (secondary N) is 1. The first kappa shape index (κ1) is 10.1. The van der Waals surface area contributed by atoms with Crippen LogP contribution < -0.4 is 11.1 Å². The zero-order valence-corrected chi connectivity index (χ0v) is 8.25. The molecule has 0 aliphatic carbocycles. The van der Waals surface area contributed by atoms with Gasteiger partial charge < -0.3 is 5.73 Å². The Kier molecular flexibility index (Phi) is 2.50. The summed E-state index contributed by atoms with van der Waals surface area (Å²) in [5, 5.41) is 9.62. The van der Waals surface area contributed by atoms with Crippen molar-refractivity contribution in [1.82, 2.24) is 20.3 Å². The third kappa shape index (κ3) is 1.97. The highest BCUT2D eigenvalue weighted by molar-refractivity contribution is 5.93. The van der Waals surface area contributed by atoms with Crippen molar-refractivity contribution < 1.29 is 9.59 Å².